The molecule has 43 heavy (non-hydrogen) atoms. The predicted molar refractivity (Wildman–Crippen MR) is 155 cm³/mol. The molecule has 4 aromatic rings. The van der Waals surface area contributed by atoms with Gasteiger partial charge < -0.3 is 19.1 Å². The average molecular weight is 591 g/mol. The van der Waals surface area contributed by atoms with E-state index in [1.807, 2.05) is 14.1 Å². The summed E-state index contributed by atoms with van der Waals surface area (Å²) in [6, 6.07) is 10.0. The lowest BCUT2D eigenvalue weighted by molar-refractivity contribution is -0.133. The molecule has 3 heterocycles. The van der Waals surface area contributed by atoms with E-state index in [1.165, 1.54) is 55.9 Å². The second kappa shape index (κ2) is 12.8. The predicted octanol–water partition coefficient (Wildman–Crippen LogP) is 5.14. The number of aromatic nitrogens is 3. The Labute approximate surface area is 247 Å². The van der Waals surface area contributed by atoms with Crippen LogP contribution in [-0.4, -0.2) is 65.8 Å². The molecule has 9 nitrogen and oxygen atoms in total. The third-order valence-corrected chi connectivity index (χ3v) is 7.34. The van der Waals surface area contributed by atoms with E-state index in [9.17, 15) is 14.0 Å². The zero-order valence-corrected chi connectivity index (χ0v) is 24.2. The van der Waals surface area contributed by atoms with Crippen molar-refractivity contribution in [2.24, 2.45) is 5.41 Å². The van der Waals surface area contributed by atoms with Crippen LogP contribution in [0.1, 0.15) is 30.4 Å². The van der Waals surface area contributed by atoms with Crippen LogP contribution in [0.25, 0.3) is 11.0 Å². The van der Waals surface area contributed by atoms with Crippen molar-refractivity contribution < 1.29 is 32.6 Å². The summed E-state index contributed by atoms with van der Waals surface area (Å²) in [5.41, 5.74) is 0.667. The number of ether oxygens (including phenoxy) is 3. The zero-order chi connectivity index (χ0) is 30.6. The number of ketones is 2. The first-order valence-electron chi connectivity index (χ1n) is 13.9. The van der Waals surface area contributed by atoms with E-state index in [1.54, 1.807) is 6.07 Å². The largest absolute Gasteiger partial charge is 0.488 e. The Morgan fingerprint density at radius 2 is 1.65 bits per heavy atom. The standard InChI is InChI=1S/C32H32F2N4O5/c1-38(2)13-4-14-42-26-18-24-29(37-31(26)41-3)25(9-12-35-24)43-30-23(34)15-21(19-36-30)17-28(40)32(10-11-32)27(39)16-20-5-7-22(33)8-6-20/h5-9,12,15,18-19H,4,10-11,13-14,16-17H2,1-3H3. The van der Waals surface area contributed by atoms with Gasteiger partial charge in [-0.05, 0) is 62.7 Å². The normalized spacial score (nSPS) is 13.6. The Balaban J connectivity index is 1.27. The number of carbonyl (C=O) groups is 2. The van der Waals surface area contributed by atoms with Crippen LogP contribution in [0.5, 0.6) is 23.3 Å². The molecule has 1 aliphatic rings. The lowest BCUT2D eigenvalue weighted by atomic mass is 9.88. The van der Waals surface area contributed by atoms with Crippen molar-refractivity contribution in [1.29, 1.82) is 0 Å². The van der Waals surface area contributed by atoms with Crippen LogP contribution in [-0.2, 0) is 22.4 Å². The third kappa shape index (κ3) is 6.94. The topological polar surface area (TPSA) is 104 Å². The van der Waals surface area contributed by atoms with E-state index < -0.39 is 17.0 Å². The summed E-state index contributed by atoms with van der Waals surface area (Å²) in [4.78, 5) is 41.0. The van der Waals surface area contributed by atoms with Crippen LogP contribution >= 0.6 is 0 Å². The summed E-state index contributed by atoms with van der Waals surface area (Å²) >= 11 is 0. The van der Waals surface area contributed by atoms with Gasteiger partial charge in [0.1, 0.15) is 11.3 Å². The van der Waals surface area contributed by atoms with Crippen LogP contribution < -0.4 is 14.2 Å². The molecule has 5 rings (SSSR count). The second-order valence-corrected chi connectivity index (χ2v) is 10.8. The van der Waals surface area contributed by atoms with Crippen LogP contribution in [0.4, 0.5) is 8.78 Å². The van der Waals surface area contributed by atoms with Gasteiger partial charge in [0.2, 0.25) is 0 Å². The number of hydrogen-bond donors (Lipinski definition) is 0. The number of pyridine rings is 3. The first-order valence-corrected chi connectivity index (χ1v) is 13.9. The molecule has 0 saturated heterocycles. The lowest BCUT2D eigenvalue weighted by Crippen LogP contribution is -2.29. The van der Waals surface area contributed by atoms with Gasteiger partial charge in [-0.2, -0.15) is 0 Å². The highest BCUT2D eigenvalue weighted by Gasteiger charge is 2.54. The average Bonchev–Trinajstić information content (AvgIpc) is 3.80. The van der Waals surface area contributed by atoms with Crippen LogP contribution in [0, 0.1) is 17.0 Å². The molecule has 0 amide bonds. The summed E-state index contributed by atoms with van der Waals surface area (Å²) in [6.07, 6.45) is 4.44. The third-order valence-electron chi connectivity index (χ3n) is 7.34. The Morgan fingerprint density at radius 1 is 0.930 bits per heavy atom. The Kier molecular flexibility index (Phi) is 8.91. The second-order valence-electron chi connectivity index (χ2n) is 10.8. The first kappa shape index (κ1) is 30.0. The van der Waals surface area contributed by atoms with Crippen molar-refractivity contribution in [2.45, 2.75) is 32.1 Å². The minimum Gasteiger partial charge on any atom is -0.488 e. The van der Waals surface area contributed by atoms with Gasteiger partial charge in [0.25, 0.3) is 11.8 Å². The smallest absolute Gasteiger partial charge is 0.257 e. The molecule has 1 aromatic carbocycles. The van der Waals surface area contributed by atoms with E-state index in [0.717, 1.165) is 13.0 Å². The molecule has 11 heteroatoms. The number of hydrogen-bond acceptors (Lipinski definition) is 9. The molecule has 0 atom stereocenters. The van der Waals surface area contributed by atoms with Crippen LogP contribution in [0.3, 0.4) is 0 Å². The van der Waals surface area contributed by atoms with Crippen molar-refractivity contribution in [3.8, 4) is 23.3 Å². The summed E-state index contributed by atoms with van der Waals surface area (Å²) in [7, 11) is 5.44. The van der Waals surface area contributed by atoms with Crippen molar-refractivity contribution >= 4 is 22.6 Å². The van der Waals surface area contributed by atoms with Crippen LogP contribution in [0.15, 0.2) is 54.9 Å². The summed E-state index contributed by atoms with van der Waals surface area (Å²) in [6.45, 7) is 1.33. The molecule has 0 spiro atoms. The number of carbonyl (C=O) groups excluding carboxylic acids is 2. The van der Waals surface area contributed by atoms with Crippen molar-refractivity contribution in [3.05, 3.63) is 77.6 Å². The van der Waals surface area contributed by atoms with Crippen LogP contribution in [0.2, 0.25) is 0 Å². The Hall–Kier alpha value is -4.51. The molecule has 224 valence electrons. The zero-order valence-electron chi connectivity index (χ0n) is 24.2. The summed E-state index contributed by atoms with van der Waals surface area (Å²) in [5.74, 6) is -1.10. The number of fused-ring (bicyclic) bond motifs is 1. The van der Waals surface area contributed by atoms with E-state index in [0.29, 0.717) is 47.4 Å². The number of benzene rings is 1. The van der Waals surface area contributed by atoms with Crippen molar-refractivity contribution in [2.75, 3.05) is 34.4 Å². The minimum atomic E-state index is -1.09. The van der Waals surface area contributed by atoms with E-state index in [-0.39, 0.29) is 41.9 Å². The van der Waals surface area contributed by atoms with Gasteiger partial charge in [-0.3, -0.25) is 14.6 Å². The van der Waals surface area contributed by atoms with Gasteiger partial charge in [0.15, 0.2) is 28.9 Å². The number of nitrogens with zero attached hydrogens (tertiary/aromatic N) is 4. The fraction of sp³-hybridized carbons (Fsp3) is 0.344. The Bertz CT molecular complexity index is 1640. The maximum atomic E-state index is 15.1. The molecule has 0 N–H and O–H groups in total. The lowest BCUT2D eigenvalue weighted by Gasteiger charge is -2.14. The molecule has 0 radical (unpaired) electrons. The highest BCUT2D eigenvalue weighted by atomic mass is 19.1. The number of Topliss-reactive ketones (excluding diaryl/α,β-unsaturated/α-hetero) is 2. The van der Waals surface area contributed by atoms with Gasteiger partial charge in [-0.15, -0.1) is 0 Å². The molecule has 3 aromatic heterocycles. The van der Waals surface area contributed by atoms with E-state index in [2.05, 4.69) is 19.9 Å². The summed E-state index contributed by atoms with van der Waals surface area (Å²) < 4.78 is 45.4. The van der Waals surface area contributed by atoms with E-state index >= 15 is 4.39 Å². The molecule has 1 saturated carbocycles. The highest BCUT2D eigenvalue weighted by molar-refractivity contribution is 6.10. The molecular weight excluding hydrogens is 558 g/mol. The molecule has 1 fully saturated rings. The fourth-order valence-corrected chi connectivity index (χ4v) is 4.80. The molecule has 0 aliphatic heterocycles. The minimum absolute atomic E-state index is 0.0359. The maximum absolute atomic E-state index is 15.1. The van der Waals surface area contributed by atoms with Crippen molar-refractivity contribution in [1.82, 2.24) is 19.9 Å². The first-order chi connectivity index (χ1) is 20.7. The fourth-order valence-electron chi connectivity index (χ4n) is 4.80. The highest BCUT2D eigenvalue weighted by Crippen LogP contribution is 2.49. The molecular formula is C32H32F2N4O5. The molecule has 0 bridgehead atoms. The van der Waals surface area contributed by atoms with Gasteiger partial charge >= 0.3 is 0 Å². The van der Waals surface area contributed by atoms with Gasteiger partial charge in [-0.1, -0.05) is 12.1 Å². The van der Waals surface area contributed by atoms with E-state index in [4.69, 9.17) is 14.2 Å². The van der Waals surface area contributed by atoms with Gasteiger partial charge in [-0.25, -0.2) is 18.7 Å². The monoisotopic (exact) mass is 590 g/mol. The SMILES string of the molecule is COc1nc2c(Oc3ncc(CC(=O)C4(C(=O)Cc5ccc(F)cc5)CC4)cc3F)ccnc2cc1OCCCN(C)C. The maximum Gasteiger partial charge on any atom is 0.257 e. The molecule has 1 aliphatic carbocycles. The van der Waals surface area contributed by atoms with Gasteiger partial charge in [0.05, 0.1) is 24.6 Å². The van der Waals surface area contributed by atoms with Crippen molar-refractivity contribution in [3.63, 3.8) is 0 Å². The van der Waals surface area contributed by atoms with Gasteiger partial charge in [0, 0.05) is 43.9 Å². The molecule has 0 unspecified atom stereocenters. The number of rotatable bonds is 14. The number of methoxy groups -OCH3 is 1. The Morgan fingerprint density at radius 3 is 2.30 bits per heavy atom. The number of halogens is 2. The summed E-state index contributed by atoms with van der Waals surface area (Å²) in [5, 5.41) is 0. The quantitative estimate of drug-likeness (QED) is 0.146.